The molecule has 0 aromatic heterocycles. The fraction of sp³-hybridized carbons (Fsp3) is 0.750. The molecule has 0 rings (SSSR count). The zero-order valence-corrected chi connectivity index (χ0v) is 8.49. The Bertz CT molecular complexity index is 22.1. The minimum absolute atomic E-state index is 0. The fourth-order valence-corrected chi connectivity index (χ4v) is 0. The fourth-order valence-electron chi connectivity index (χ4n) is 0. The molecule has 10 heavy (non-hydrogen) atoms. The smallest absolute Gasteiger partial charge is 1.00 e. The second-order valence-corrected chi connectivity index (χ2v) is 1.71. The molecule has 0 N–H and O–H groups in total. The molecule has 0 heterocycles. The van der Waals surface area contributed by atoms with Gasteiger partial charge in [0.15, 0.2) is 0 Å². The zero-order valence-electron chi connectivity index (χ0n) is 8.54. The van der Waals surface area contributed by atoms with Crippen LogP contribution in [0.5, 0.6) is 0 Å². The average molecular weight is 186 g/mol. The molecule has 63 valence electrons. The molecule has 0 saturated heterocycles. The van der Waals surface area contributed by atoms with Crippen LogP contribution in [0.4, 0.5) is 0 Å². The zero-order chi connectivity index (χ0) is 6.83. The largest absolute Gasteiger partial charge is 2.00 e. The molecule has 0 bridgehead atoms. The third-order valence-electron chi connectivity index (χ3n) is 0.707. The molecule has 0 aromatic rings. The summed E-state index contributed by atoms with van der Waals surface area (Å²) < 4.78 is 0. The van der Waals surface area contributed by atoms with E-state index in [2.05, 4.69) is 27.7 Å². The third kappa shape index (κ3) is 61.8. The monoisotopic (exact) mass is 185 g/mol. The van der Waals surface area contributed by atoms with Gasteiger partial charge in [0.1, 0.15) is 0 Å². The number of unbranched alkanes of at least 4 members (excludes halogenated alkanes) is 2. The molecule has 0 unspecified atom stereocenters. The SMILES string of the molecule is [CH2-]CCC.[CH2-]CCC.[Cu+2].[H-].[Li+]. The van der Waals surface area contributed by atoms with E-state index in [1.165, 1.54) is 12.8 Å². The van der Waals surface area contributed by atoms with E-state index in [1.54, 1.807) is 0 Å². The van der Waals surface area contributed by atoms with Gasteiger partial charge in [-0.25, -0.2) is 0 Å². The van der Waals surface area contributed by atoms with Crippen molar-refractivity contribution >= 4 is 0 Å². The maximum absolute atomic E-state index is 3.60. The molecule has 0 aliphatic heterocycles. The van der Waals surface area contributed by atoms with Crippen molar-refractivity contribution in [3.8, 4) is 0 Å². The van der Waals surface area contributed by atoms with Crippen molar-refractivity contribution in [1.29, 1.82) is 0 Å². The maximum Gasteiger partial charge on any atom is 2.00 e. The van der Waals surface area contributed by atoms with Crippen LogP contribution in [0.1, 0.15) is 41.0 Å². The van der Waals surface area contributed by atoms with E-state index in [1.807, 2.05) is 0 Å². The quantitative estimate of drug-likeness (QED) is 0.431. The van der Waals surface area contributed by atoms with E-state index in [0.717, 1.165) is 12.8 Å². The Labute approximate surface area is 90.7 Å². The summed E-state index contributed by atoms with van der Waals surface area (Å²) in [6.45, 7) is 11.4. The van der Waals surface area contributed by atoms with Crippen molar-refractivity contribution in [3.05, 3.63) is 13.8 Å². The Hall–Kier alpha value is 1.12. The van der Waals surface area contributed by atoms with Crippen LogP contribution in [-0.4, -0.2) is 0 Å². The van der Waals surface area contributed by atoms with Gasteiger partial charge < -0.3 is 15.3 Å². The number of hydrogen-bond acceptors (Lipinski definition) is 0. The average Bonchev–Trinajstić information content (AvgIpc) is 1.88. The standard InChI is InChI=1S/2C4H9.Cu.Li.H/c2*1-3-4-2;;;/h2*1,3-4H2,2H3;;;/q2*-1;+2;+1;-1. The summed E-state index contributed by atoms with van der Waals surface area (Å²) in [5, 5.41) is 0. The summed E-state index contributed by atoms with van der Waals surface area (Å²) >= 11 is 0. The predicted octanol–water partition coefficient (Wildman–Crippen LogP) is 0.355. The van der Waals surface area contributed by atoms with Gasteiger partial charge in [-0.3, -0.25) is 0 Å². The Kier molecular flexibility index (Phi) is 72.1. The van der Waals surface area contributed by atoms with E-state index in [0.29, 0.717) is 0 Å². The van der Waals surface area contributed by atoms with E-state index in [9.17, 15) is 0 Å². The molecular weight excluding hydrogens is 167 g/mol. The minimum atomic E-state index is 0. The van der Waals surface area contributed by atoms with Gasteiger partial charge in [-0.15, -0.1) is 0 Å². The molecule has 0 amide bonds. The Morgan fingerprint density at radius 1 is 1.00 bits per heavy atom. The summed E-state index contributed by atoms with van der Waals surface area (Å²) in [6.07, 6.45) is 4.56. The Morgan fingerprint density at radius 2 is 1.10 bits per heavy atom. The molecule has 0 saturated carbocycles. The Morgan fingerprint density at radius 3 is 1.10 bits per heavy atom. The summed E-state index contributed by atoms with van der Waals surface area (Å²) in [6, 6.07) is 0. The normalized spacial score (nSPS) is 6.00. The molecule has 1 radical (unpaired) electrons. The van der Waals surface area contributed by atoms with Crippen molar-refractivity contribution in [1.82, 2.24) is 0 Å². The molecular formula is C8H19CuLi. The van der Waals surface area contributed by atoms with Gasteiger partial charge in [-0.1, -0.05) is 26.7 Å². The molecule has 0 atom stereocenters. The van der Waals surface area contributed by atoms with Crippen LogP contribution >= 0.6 is 0 Å². The number of hydrogen-bond donors (Lipinski definition) is 0. The topological polar surface area (TPSA) is 0 Å². The molecule has 0 aliphatic carbocycles. The van der Waals surface area contributed by atoms with Gasteiger partial charge in [-0.05, 0) is 0 Å². The molecule has 0 aromatic carbocycles. The van der Waals surface area contributed by atoms with Crippen LogP contribution < -0.4 is 18.9 Å². The van der Waals surface area contributed by atoms with Gasteiger partial charge in [0.05, 0.1) is 0 Å². The van der Waals surface area contributed by atoms with Crippen molar-refractivity contribution < 1.29 is 37.4 Å². The van der Waals surface area contributed by atoms with Crippen LogP contribution in [0.3, 0.4) is 0 Å². The van der Waals surface area contributed by atoms with Gasteiger partial charge in [0.2, 0.25) is 0 Å². The summed E-state index contributed by atoms with van der Waals surface area (Å²) in [7, 11) is 0. The van der Waals surface area contributed by atoms with Crippen molar-refractivity contribution in [3.63, 3.8) is 0 Å². The first-order valence-corrected chi connectivity index (χ1v) is 3.41. The Balaban J connectivity index is -0.0000000171. The first-order valence-electron chi connectivity index (χ1n) is 3.41. The first kappa shape index (κ1) is 22.5. The molecule has 2 heteroatoms. The first-order chi connectivity index (χ1) is 3.83. The van der Waals surface area contributed by atoms with Crippen LogP contribution in [0.25, 0.3) is 0 Å². The van der Waals surface area contributed by atoms with Crippen LogP contribution in [0.2, 0.25) is 0 Å². The van der Waals surface area contributed by atoms with Gasteiger partial charge in [0.25, 0.3) is 0 Å². The maximum atomic E-state index is 3.60. The predicted molar refractivity (Wildman–Crippen MR) is 41.6 cm³/mol. The minimum Gasteiger partial charge on any atom is -1.00 e. The van der Waals surface area contributed by atoms with Gasteiger partial charge in [-0.2, -0.15) is 12.8 Å². The molecule has 0 fully saturated rings. The van der Waals surface area contributed by atoms with Gasteiger partial charge >= 0.3 is 35.9 Å². The van der Waals surface area contributed by atoms with E-state index >= 15 is 0 Å². The number of rotatable bonds is 2. The van der Waals surface area contributed by atoms with Crippen molar-refractivity contribution in [2.75, 3.05) is 0 Å². The van der Waals surface area contributed by atoms with Crippen LogP contribution in [-0.2, 0) is 17.1 Å². The van der Waals surface area contributed by atoms with Crippen LogP contribution in [0.15, 0.2) is 0 Å². The second kappa shape index (κ2) is 32.1. The van der Waals surface area contributed by atoms with Gasteiger partial charge in [0, 0.05) is 0 Å². The third-order valence-corrected chi connectivity index (χ3v) is 0.707. The molecule has 0 spiro atoms. The van der Waals surface area contributed by atoms with E-state index in [-0.39, 0.29) is 37.4 Å². The second-order valence-electron chi connectivity index (χ2n) is 1.71. The van der Waals surface area contributed by atoms with Crippen LogP contribution in [0, 0.1) is 13.8 Å². The molecule has 0 aliphatic rings. The van der Waals surface area contributed by atoms with Crippen molar-refractivity contribution in [2.24, 2.45) is 0 Å². The van der Waals surface area contributed by atoms with E-state index < -0.39 is 0 Å². The van der Waals surface area contributed by atoms with Crippen molar-refractivity contribution in [2.45, 2.75) is 39.5 Å². The summed E-state index contributed by atoms with van der Waals surface area (Å²) in [5.74, 6) is 0. The van der Waals surface area contributed by atoms with E-state index in [4.69, 9.17) is 0 Å². The summed E-state index contributed by atoms with van der Waals surface area (Å²) in [4.78, 5) is 0. The molecule has 0 nitrogen and oxygen atoms in total. The summed E-state index contributed by atoms with van der Waals surface area (Å²) in [5.41, 5.74) is 0.